The number of carbonyl (C=O) groups is 1. The summed E-state index contributed by atoms with van der Waals surface area (Å²) in [6.45, 7) is 0. The second-order valence-corrected chi connectivity index (χ2v) is 5.02. The quantitative estimate of drug-likeness (QED) is 0.694. The molecule has 0 bridgehead atoms. The van der Waals surface area contributed by atoms with Crippen LogP contribution in [-0.2, 0) is 0 Å². The summed E-state index contributed by atoms with van der Waals surface area (Å²) in [5, 5.41) is 8.39. The molecule has 0 N–H and O–H groups in total. The normalized spacial score (nSPS) is 10.4. The van der Waals surface area contributed by atoms with Crippen LogP contribution in [0.5, 0.6) is 0 Å². The molecular weight excluding hydrogens is 318 g/mol. The van der Waals surface area contributed by atoms with Gasteiger partial charge in [-0.05, 0) is 28.1 Å². The number of para-hydroxylation sites is 1. The minimum atomic E-state index is -0.135. The minimum Gasteiger partial charge on any atom is -0.287 e. The van der Waals surface area contributed by atoms with Gasteiger partial charge >= 0.3 is 0 Å². The zero-order valence-electron chi connectivity index (χ0n) is 10.4. The largest absolute Gasteiger partial charge is 0.287 e. The van der Waals surface area contributed by atoms with Crippen molar-refractivity contribution in [1.82, 2.24) is 15.0 Å². The second kappa shape index (κ2) is 5.38. The summed E-state index contributed by atoms with van der Waals surface area (Å²) < 4.78 is 0.870. The van der Waals surface area contributed by atoms with Crippen molar-refractivity contribution in [2.45, 2.75) is 0 Å². The van der Waals surface area contributed by atoms with Gasteiger partial charge in [-0.1, -0.05) is 42.5 Å². The van der Waals surface area contributed by atoms with E-state index < -0.39 is 0 Å². The summed E-state index contributed by atoms with van der Waals surface area (Å²) in [6.07, 6.45) is 1.48. The number of carbonyl (C=O) groups excluding carboxylic acids is 1. The number of hydrogen-bond donors (Lipinski definition) is 0. The van der Waals surface area contributed by atoms with Gasteiger partial charge in [0.2, 0.25) is 5.78 Å². The fourth-order valence-electron chi connectivity index (χ4n) is 1.83. The van der Waals surface area contributed by atoms with Crippen molar-refractivity contribution < 1.29 is 4.79 Å². The van der Waals surface area contributed by atoms with Gasteiger partial charge in [0.1, 0.15) is 0 Å². The van der Waals surface area contributed by atoms with Crippen molar-refractivity contribution in [3.63, 3.8) is 0 Å². The van der Waals surface area contributed by atoms with E-state index in [1.165, 1.54) is 11.0 Å². The first-order valence-electron chi connectivity index (χ1n) is 6.03. The summed E-state index contributed by atoms with van der Waals surface area (Å²) >= 11 is 3.44. The predicted octanol–water partition coefficient (Wildman–Crippen LogP) is 3.26. The van der Waals surface area contributed by atoms with E-state index in [0.29, 0.717) is 11.3 Å². The number of benzene rings is 2. The highest BCUT2D eigenvalue weighted by Crippen LogP contribution is 2.19. The molecule has 20 heavy (non-hydrogen) atoms. The van der Waals surface area contributed by atoms with Gasteiger partial charge in [0, 0.05) is 10.0 Å². The lowest BCUT2D eigenvalue weighted by Gasteiger charge is -2.01. The third kappa shape index (κ3) is 2.40. The van der Waals surface area contributed by atoms with E-state index in [-0.39, 0.29) is 5.78 Å². The van der Waals surface area contributed by atoms with Crippen LogP contribution in [0.15, 0.2) is 65.3 Å². The SMILES string of the molecule is O=C(c1ccccc1)c1cnn(-c2ccccc2Br)n1. The van der Waals surface area contributed by atoms with Gasteiger partial charge in [0.05, 0.1) is 11.9 Å². The molecule has 0 aliphatic heterocycles. The lowest BCUT2D eigenvalue weighted by Crippen LogP contribution is -2.04. The Morgan fingerprint density at radius 1 is 1.00 bits per heavy atom. The van der Waals surface area contributed by atoms with Crippen LogP contribution in [0, 0.1) is 0 Å². The van der Waals surface area contributed by atoms with E-state index in [1.54, 1.807) is 12.1 Å². The molecule has 0 radical (unpaired) electrons. The lowest BCUT2D eigenvalue weighted by atomic mass is 10.1. The summed E-state index contributed by atoms with van der Waals surface area (Å²) in [5.74, 6) is -0.135. The van der Waals surface area contributed by atoms with Gasteiger partial charge in [0.25, 0.3) is 0 Å². The van der Waals surface area contributed by atoms with Crippen molar-refractivity contribution in [2.24, 2.45) is 0 Å². The van der Waals surface area contributed by atoms with Gasteiger partial charge in [-0.15, -0.1) is 9.90 Å². The molecule has 0 atom stereocenters. The number of hydrogen-bond acceptors (Lipinski definition) is 3. The molecule has 0 saturated carbocycles. The van der Waals surface area contributed by atoms with Crippen LogP contribution in [-0.4, -0.2) is 20.8 Å². The Morgan fingerprint density at radius 3 is 2.45 bits per heavy atom. The molecule has 0 amide bonds. The van der Waals surface area contributed by atoms with Gasteiger partial charge in [-0.25, -0.2) is 0 Å². The molecule has 0 aliphatic carbocycles. The zero-order valence-corrected chi connectivity index (χ0v) is 12.0. The van der Waals surface area contributed by atoms with E-state index in [4.69, 9.17) is 0 Å². The number of halogens is 1. The summed E-state index contributed by atoms with van der Waals surface area (Å²) in [6, 6.07) is 16.6. The molecule has 3 aromatic rings. The monoisotopic (exact) mass is 327 g/mol. The molecule has 2 aromatic carbocycles. The third-order valence-electron chi connectivity index (χ3n) is 2.83. The Bertz CT molecular complexity index is 753. The zero-order chi connectivity index (χ0) is 13.9. The van der Waals surface area contributed by atoms with Gasteiger partial charge in [-0.3, -0.25) is 4.79 Å². The maximum absolute atomic E-state index is 12.2. The highest BCUT2D eigenvalue weighted by atomic mass is 79.9. The van der Waals surface area contributed by atoms with Crippen LogP contribution in [0.4, 0.5) is 0 Å². The molecule has 0 aliphatic rings. The van der Waals surface area contributed by atoms with Crippen molar-refractivity contribution in [3.8, 4) is 5.69 Å². The van der Waals surface area contributed by atoms with E-state index in [9.17, 15) is 4.79 Å². The molecule has 0 saturated heterocycles. The maximum Gasteiger partial charge on any atom is 0.214 e. The molecule has 3 rings (SSSR count). The smallest absolute Gasteiger partial charge is 0.214 e. The lowest BCUT2D eigenvalue weighted by molar-refractivity contribution is 0.103. The first kappa shape index (κ1) is 12.7. The molecule has 0 unspecified atom stereocenters. The number of ketones is 1. The van der Waals surface area contributed by atoms with E-state index in [2.05, 4.69) is 26.1 Å². The molecule has 98 valence electrons. The predicted molar refractivity (Wildman–Crippen MR) is 78.9 cm³/mol. The molecule has 0 fully saturated rings. The standard InChI is InChI=1S/C15H10BrN3O/c16-12-8-4-5-9-14(12)19-17-10-13(18-19)15(20)11-6-2-1-3-7-11/h1-10H. The Balaban J connectivity index is 1.95. The number of nitrogens with zero attached hydrogens (tertiary/aromatic N) is 3. The highest BCUT2D eigenvalue weighted by Gasteiger charge is 2.14. The first-order chi connectivity index (χ1) is 9.75. The maximum atomic E-state index is 12.2. The Morgan fingerprint density at radius 2 is 1.70 bits per heavy atom. The van der Waals surface area contributed by atoms with E-state index in [1.807, 2.05) is 42.5 Å². The topological polar surface area (TPSA) is 47.8 Å². The van der Waals surface area contributed by atoms with Crippen LogP contribution >= 0.6 is 15.9 Å². The minimum absolute atomic E-state index is 0.135. The van der Waals surface area contributed by atoms with Crippen LogP contribution in [0.3, 0.4) is 0 Å². The number of aromatic nitrogens is 3. The first-order valence-corrected chi connectivity index (χ1v) is 6.82. The second-order valence-electron chi connectivity index (χ2n) is 4.17. The summed E-state index contributed by atoms with van der Waals surface area (Å²) in [4.78, 5) is 13.7. The molecule has 1 aromatic heterocycles. The average molecular weight is 328 g/mol. The van der Waals surface area contributed by atoms with Crippen molar-refractivity contribution in [1.29, 1.82) is 0 Å². The molecule has 1 heterocycles. The van der Waals surface area contributed by atoms with Crippen LogP contribution in [0.2, 0.25) is 0 Å². The van der Waals surface area contributed by atoms with Gasteiger partial charge in [0.15, 0.2) is 5.69 Å². The third-order valence-corrected chi connectivity index (χ3v) is 3.50. The summed E-state index contributed by atoms with van der Waals surface area (Å²) in [7, 11) is 0. The van der Waals surface area contributed by atoms with Crippen molar-refractivity contribution in [2.75, 3.05) is 0 Å². The van der Waals surface area contributed by atoms with Crippen molar-refractivity contribution in [3.05, 3.63) is 76.5 Å². The number of rotatable bonds is 3. The average Bonchev–Trinajstić information content (AvgIpc) is 2.97. The van der Waals surface area contributed by atoms with Crippen molar-refractivity contribution >= 4 is 21.7 Å². The molecule has 4 nitrogen and oxygen atoms in total. The van der Waals surface area contributed by atoms with Gasteiger partial charge < -0.3 is 0 Å². The van der Waals surface area contributed by atoms with E-state index >= 15 is 0 Å². The highest BCUT2D eigenvalue weighted by molar-refractivity contribution is 9.10. The van der Waals surface area contributed by atoms with Crippen LogP contribution in [0.1, 0.15) is 16.1 Å². The Hall–Kier alpha value is -2.27. The van der Waals surface area contributed by atoms with Gasteiger partial charge in [-0.2, -0.15) is 5.10 Å². The van der Waals surface area contributed by atoms with E-state index in [0.717, 1.165) is 10.2 Å². The summed E-state index contributed by atoms with van der Waals surface area (Å²) in [5.41, 5.74) is 1.72. The molecular formula is C15H10BrN3O. The van der Waals surface area contributed by atoms with Crippen LogP contribution < -0.4 is 0 Å². The molecule has 5 heteroatoms. The van der Waals surface area contributed by atoms with Crippen LogP contribution in [0.25, 0.3) is 5.69 Å². The fourth-order valence-corrected chi connectivity index (χ4v) is 2.28. The Labute approximate surface area is 124 Å². The fraction of sp³-hybridized carbons (Fsp3) is 0. The molecule has 0 spiro atoms. The Kier molecular flexibility index (Phi) is 3.43.